The molecule has 0 aromatic carbocycles. The third-order valence-electron chi connectivity index (χ3n) is 4.45. The lowest BCUT2D eigenvalue weighted by Gasteiger charge is -2.41. The molecule has 1 saturated heterocycles. The first-order chi connectivity index (χ1) is 9.17. The van der Waals surface area contributed by atoms with Gasteiger partial charge in [-0.1, -0.05) is 6.42 Å². The Labute approximate surface area is 114 Å². The SMILES string of the molecule is OCCC1CC(NCC(F)F)CN(CC2CCC2)C1. The summed E-state index contributed by atoms with van der Waals surface area (Å²) in [4.78, 5) is 2.41. The zero-order valence-electron chi connectivity index (χ0n) is 11.5. The molecule has 112 valence electrons. The summed E-state index contributed by atoms with van der Waals surface area (Å²) in [6.45, 7) is 2.99. The molecule has 0 spiro atoms. The zero-order chi connectivity index (χ0) is 13.7. The van der Waals surface area contributed by atoms with Crippen molar-refractivity contribution in [2.75, 3.05) is 32.8 Å². The second-order valence-electron chi connectivity index (χ2n) is 6.13. The predicted molar refractivity (Wildman–Crippen MR) is 71.4 cm³/mol. The van der Waals surface area contributed by atoms with E-state index >= 15 is 0 Å². The quantitative estimate of drug-likeness (QED) is 0.743. The van der Waals surface area contributed by atoms with E-state index < -0.39 is 6.43 Å². The zero-order valence-corrected chi connectivity index (χ0v) is 11.5. The number of hydrogen-bond acceptors (Lipinski definition) is 3. The fourth-order valence-electron chi connectivity index (χ4n) is 3.29. The first kappa shape index (κ1) is 15.1. The molecule has 2 aliphatic rings. The number of piperidine rings is 1. The normalized spacial score (nSPS) is 29.7. The molecule has 0 radical (unpaired) electrons. The van der Waals surface area contributed by atoms with Gasteiger partial charge in [0.2, 0.25) is 0 Å². The number of alkyl halides is 2. The summed E-state index contributed by atoms with van der Waals surface area (Å²) in [6, 6.07) is 0.152. The lowest BCUT2D eigenvalue weighted by Crippen LogP contribution is -2.51. The van der Waals surface area contributed by atoms with E-state index in [1.807, 2.05) is 0 Å². The van der Waals surface area contributed by atoms with Crippen molar-refractivity contribution in [2.45, 2.75) is 44.6 Å². The lowest BCUT2D eigenvalue weighted by molar-refractivity contribution is 0.0789. The Balaban J connectivity index is 1.80. The second kappa shape index (κ2) is 7.50. The van der Waals surface area contributed by atoms with E-state index in [-0.39, 0.29) is 19.2 Å². The van der Waals surface area contributed by atoms with Crippen LogP contribution in [0.15, 0.2) is 0 Å². The number of aliphatic hydroxyl groups is 1. The molecule has 3 nitrogen and oxygen atoms in total. The number of halogens is 2. The molecule has 2 N–H and O–H groups in total. The van der Waals surface area contributed by atoms with Gasteiger partial charge in [0.15, 0.2) is 0 Å². The van der Waals surface area contributed by atoms with Crippen molar-refractivity contribution in [3.05, 3.63) is 0 Å². The third-order valence-corrected chi connectivity index (χ3v) is 4.45. The molecule has 0 aromatic heterocycles. The minimum atomic E-state index is -2.28. The molecular formula is C14H26F2N2O. The molecule has 2 atom stereocenters. The molecule has 1 saturated carbocycles. The summed E-state index contributed by atoms with van der Waals surface area (Å²) in [5.74, 6) is 1.25. The number of rotatable bonds is 7. The van der Waals surface area contributed by atoms with Gasteiger partial charge in [-0.15, -0.1) is 0 Å². The Hall–Kier alpha value is -0.260. The average molecular weight is 276 g/mol. The predicted octanol–water partition coefficient (Wildman–Crippen LogP) is 1.71. The van der Waals surface area contributed by atoms with E-state index in [2.05, 4.69) is 10.2 Å². The summed E-state index contributed by atoms with van der Waals surface area (Å²) >= 11 is 0. The van der Waals surface area contributed by atoms with Crippen LogP contribution in [0.1, 0.15) is 32.1 Å². The van der Waals surface area contributed by atoms with Crippen LogP contribution in [0.3, 0.4) is 0 Å². The Bertz CT molecular complexity index is 262. The molecule has 1 heterocycles. The molecule has 0 bridgehead atoms. The summed E-state index contributed by atoms with van der Waals surface area (Å²) in [7, 11) is 0. The highest BCUT2D eigenvalue weighted by Crippen LogP contribution is 2.29. The number of aliphatic hydroxyl groups excluding tert-OH is 1. The largest absolute Gasteiger partial charge is 0.396 e. The van der Waals surface area contributed by atoms with Crippen LogP contribution in [0.25, 0.3) is 0 Å². The minimum Gasteiger partial charge on any atom is -0.396 e. The highest BCUT2D eigenvalue weighted by Gasteiger charge is 2.29. The molecule has 2 unspecified atom stereocenters. The van der Waals surface area contributed by atoms with E-state index in [9.17, 15) is 8.78 Å². The van der Waals surface area contributed by atoms with E-state index in [0.717, 1.165) is 38.4 Å². The monoisotopic (exact) mass is 276 g/mol. The highest BCUT2D eigenvalue weighted by molar-refractivity contribution is 4.86. The Morgan fingerprint density at radius 2 is 2.00 bits per heavy atom. The van der Waals surface area contributed by atoms with Crippen LogP contribution in [-0.2, 0) is 0 Å². The van der Waals surface area contributed by atoms with Gasteiger partial charge in [0, 0.05) is 32.3 Å². The van der Waals surface area contributed by atoms with E-state index in [1.165, 1.54) is 19.3 Å². The van der Waals surface area contributed by atoms with Gasteiger partial charge in [-0.25, -0.2) is 8.78 Å². The van der Waals surface area contributed by atoms with Crippen molar-refractivity contribution < 1.29 is 13.9 Å². The Morgan fingerprint density at radius 3 is 2.58 bits per heavy atom. The fourth-order valence-corrected chi connectivity index (χ4v) is 3.29. The number of nitrogens with one attached hydrogen (secondary N) is 1. The lowest BCUT2D eigenvalue weighted by atomic mass is 9.83. The third kappa shape index (κ3) is 4.97. The van der Waals surface area contributed by atoms with E-state index in [0.29, 0.717) is 5.92 Å². The maximum absolute atomic E-state index is 12.3. The van der Waals surface area contributed by atoms with Gasteiger partial charge in [-0.2, -0.15) is 0 Å². The van der Waals surface area contributed by atoms with Gasteiger partial charge in [0.1, 0.15) is 0 Å². The van der Waals surface area contributed by atoms with Crippen LogP contribution in [0.4, 0.5) is 8.78 Å². The molecule has 2 rings (SSSR count). The van der Waals surface area contributed by atoms with Gasteiger partial charge in [-0.3, -0.25) is 0 Å². The second-order valence-corrected chi connectivity index (χ2v) is 6.13. The van der Waals surface area contributed by atoms with E-state index in [4.69, 9.17) is 5.11 Å². The molecule has 19 heavy (non-hydrogen) atoms. The van der Waals surface area contributed by atoms with Crippen LogP contribution in [-0.4, -0.2) is 55.3 Å². The Kier molecular flexibility index (Phi) is 5.98. The van der Waals surface area contributed by atoms with Crippen molar-refractivity contribution >= 4 is 0 Å². The topological polar surface area (TPSA) is 35.5 Å². The molecule has 0 aromatic rings. The minimum absolute atomic E-state index is 0.152. The van der Waals surface area contributed by atoms with Crippen LogP contribution in [0, 0.1) is 11.8 Å². The summed E-state index contributed by atoms with van der Waals surface area (Å²) in [5, 5.41) is 12.1. The summed E-state index contributed by atoms with van der Waals surface area (Å²) in [6.07, 6.45) is 3.39. The summed E-state index contributed by atoms with van der Waals surface area (Å²) < 4.78 is 24.6. The first-order valence-electron chi connectivity index (χ1n) is 7.52. The Morgan fingerprint density at radius 1 is 1.21 bits per heavy atom. The number of nitrogens with zero attached hydrogens (tertiary/aromatic N) is 1. The molecule has 0 amide bonds. The van der Waals surface area contributed by atoms with Crippen LogP contribution < -0.4 is 5.32 Å². The van der Waals surface area contributed by atoms with Crippen LogP contribution >= 0.6 is 0 Å². The van der Waals surface area contributed by atoms with Gasteiger partial charge < -0.3 is 15.3 Å². The smallest absolute Gasteiger partial charge is 0.250 e. The molecule has 2 fully saturated rings. The van der Waals surface area contributed by atoms with Crippen LogP contribution in [0.2, 0.25) is 0 Å². The van der Waals surface area contributed by atoms with Gasteiger partial charge in [-0.05, 0) is 37.5 Å². The van der Waals surface area contributed by atoms with Crippen molar-refractivity contribution in [3.63, 3.8) is 0 Å². The van der Waals surface area contributed by atoms with Crippen molar-refractivity contribution in [1.29, 1.82) is 0 Å². The summed E-state index contributed by atoms with van der Waals surface area (Å²) in [5.41, 5.74) is 0. The molecule has 1 aliphatic heterocycles. The van der Waals surface area contributed by atoms with Crippen molar-refractivity contribution in [3.8, 4) is 0 Å². The van der Waals surface area contributed by atoms with Crippen molar-refractivity contribution in [1.82, 2.24) is 10.2 Å². The molecule has 5 heteroatoms. The number of likely N-dealkylation sites (tertiary alicyclic amines) is 1. The van der Waals surface area contributed by atoms with Gasteiger partial charge in [0.05, 0.1) is 6.54 Å². The van der Waals surface area contributed by atoms with Crippen LogP contribution in [0.5, 0.6) is 0 Å². The van der Waals surface area contributed by atoms with Gasteiger partial charge >= 0.3 is 0 Å². The maximum atomic E-state index is 12.3. The fraction of sp³-hybridized carbons (Fsp3) is 1.00. The molecular weight excluding hydrogens is 250 g/mol. The van der Waals surface area contributed by atoms with Crippen molar-refractivity contribution in [2.24, 2.45) is 11.8 Å². The average Bonchev–Trinajstić information content (AvgIpc) is 2.32. The molecule has 1 aliphatic carbocycles. The standard InChI is InChI=1S/C14H26F2N2O/c15-14(16)7-17-13-6-12(4-5-19)9-18(10-13)8-11-2-1-3-11/h11-14,17,19H,1-10H2. The highest BCUT2D eigenvalue weighted by atomic mass is 19.3. The maximum Gasteiger partial charge on any atom is 0.250 e. The van der Waals surface area contributed by atoms with Gasteiger partial charge in [0.25, 0.3) is 6.43 Å². The first-order valence-corrected chi connectivity index (χ1v) is 7.52. The van der Waals surface area contributed by atoms with E-state index in [1.54, 1.807) is 0 Å². The number of hydrogen-bond donors (Lipinski definition) is 2.